The molecule has 3 heterocycles. The smallest absolute Gasteiger partial charge is 0.294 e. The van der Waals surface area contributed by atoms with Crippen LogP contribution in [0.25, 0.3) is 16.9 Å². The van der Waals surface area contributed by atoms with E-state index in [-0.39, 0.29) is 17.1 Å². The molecule has 0 aliphatic heterocycles. The van der Waals surface area contributed by atoms with Crippen LogP contribution in [-0.4, -0.2) is 37.3 Å². The van der Waals surface area contributed by atoms with E-state index in [1.54, 1.807) is 22.2 Å². The van der Waals surface area contributed by atoms with E-state index in [0.29, 0.717) is 18.3 Å². The fourth-order valence-electron chi connectivity index (χ4n) is 3.59. The molecule has 142 valence electrons. The molecule has 1 aliphatic rings. The number of amides is 1. The molecule has 7 nitrogen and oxygen atoms in total. The molecular weight excluding hydrogens is 344 g/mol. The second-order valence-electron chi connectivity index (χ2n) is 7.29. The number of hydrogen-bond donors (Lipinski definition) is 0. The summed E-state index contributed by atoms with van der Waals surface area (Å²) in [6.45, 7) is 6.52. The topological polar surface area (TPSA) is 72.8 Å². The highest BCUT2D eigenvalue weighted by Crippen LogP contribution is 2.29. The van der Waals surface area contributed by atoms with Gasteiger partial charge in [0.25, 0.3) is 11.5 Å². The Kier molecular flexibility index (Phi) is 4.17. The van der Waals surface area contributed by atoms with Gasteiger partial charge in [-0.15, -0.1) is 0 Å². The lowest BCUT2D eigenvalue weighted by Crippen LogP contribution is -2.34. The molecule has 1 fully saturated rings. The Morgan fingerprint density at radius 3 is 2.67 bits per heavy atom. The number of aryl methyl sites for hydroxylation is 2. The van der Waals surface area contributed by atoms with Crippen molar-refractivity contribution in [2.75, 3.05) is 6.54 Å². The quantitative estimate of drug-likeness (QED) is 0.694. The third kappa shape index (κ3) is 2.97. The Labute approximate surface area is 157 Å². The molecule has 0 aromatic carbocycles. The van der Waals surface area contributed by atoms with Crippen LogP contribution in [0.4, 0.5) is 0 Å². The second kappa shape index (κ2) is 6.40. The summed E-state index contributed by atoms with van der Waals surface area (Å²) in [6, 6.07) is 2.23. The van der Waals surface area contributed by atoms with Gasteiger partial charge in [0.2, 0.25) is 5.65 Å². The first-order valence-corrected chi connectivity index (χ1v) is 9.37. The SMILES string of the molecule is CCCN(C(=O)c1cn2cc(-c3cc(C)oc3C)n(C)c(=O)c2n1)C1CC1. The number of furan rings is 1. The number of carbonyl (C=O) groups is 1. The second-order valence-corrected chi connectivity index (χ2v) is 7.29. The van der Waals surface area contributed by atoms with Gasteiger partial charge in [-0.1, -0.05) is 6.92 Å². The van der Waals surface area contributed by atoms with Crippen molar-refractivity contribution in [3.05, 3.63) is 46.0 Å². The number of rotatable bonds is 5. The first-order valence-electron chi connectivity index (χ1n) is 9.37. The van der Waals surface area contributed by atoms with Crippen molar-refractivity contribution in [2.24, 2.45) is 7.05 Å². The van der Waals surface area contributed by atoms with E-state index in [2.05, 4.69) is 11.9 Å². The van der Waals surface area contributed by atoms with Crippen molar-refractivity contribution in [2.45, 2.75) is 46.1 Å². The monoisotopic (exact) mass is 368 g/mol. The number of carbonyl (C=O) groups excluding carboxylic acids is 1. The first kappa shape index (κ1) is 17.6. The molecule has 27 heavy (non-hydrogen) atoms. The Bertz CT molecular complexity index is 1080. The van der Waals surface area contributed by atoms with Crippen LogP contribution in [0.15, 0.2) is 27.7 Å². The molecule has 0 unspecified atom stereocenters. The van der Waals surface area contributed by atoms with Crippen molar-refractivity contribution >= 4 is 11.6 Å². The summed E-state index contributed by atoms with van der Waals surface area (Å²) >= 11 is 0. The van der Waals surface area contributed by atoms with Gasteiger partial charge in [0.1, 0.15) is 17.2 Å². The van der Waals surface area contributed by atoms with Gasteiger partial charge in [-0.3, -0.25) is 14.0 Å². The highest BCUT2D eigenvalue weighted by molar-refractivity contribution is 5.93. The molecule has 4 rings (SSSR count). The number of imidazole rings is 1. The molecular formula is C20H24N4O3. The lowest BCUT2D eigenvalue weighted by Gasteiger charge is -2.20. The Morgan fingerprint density at radius 1 is 1.33 bits per heavy atom. The van der Waals surface area contributed by atoms with Crippen molar-refractivity contribution in [1.82, 2.24) is 18.9 Å². The van der Waals surface area contributed by atoms with Crippen LogP contribution in [0.1, 0.15) is 48.2 Å². The number of nitrogens with zero attached hydrogens (tertiary/aromatic N) is 4. The highest BCUT2D eigenvalue weighted by atomic mass is 16.3. The van der Waals surface area contributed by atoms with Crippen LogP contribution in [0, 0.1) is 13.8 Å². The van der Waals surface area contributed by atoms with E-state index in [1.165, 1.54) is 0 Å². The predicted molar refractivity (Wildman–Crippen MR) is 102 cm³/mol. The van der Waals surface area contributed by atoms with Crippen LogP contribution < -0.4 is 5.56 Å². The minimum atomic E-state index is -0.238. The number of fused-ring (bicyclic) bond motifs is 1. The Balaban J connectivity index is 1.81. The zero-order valence-corrected chi connectivity index (χ0v) is 16.2. The minimum Gasteiger partial charge on any atom is -0.466 e. The lowest BCUT2D eigenvalue weighted by molar-refractivity contribution is 0.0738. The Hall–Kier alpha value is -2.83. The summed E-state index contributed by atoms with van der Waals surface area (Å²) in [5, 5.41) is 0. The molecule has 7 heteroatoms. The molecule has 0 spiro atoms. The number of hydrogen-bond acceptors (Lipinski definition) is 4. The average Bonchev–Trinajstić information content (AvgIpc) is 3.29. The van der Waals surface area contributed by atoms with E-state index >= 15 is 0 Å². The fraction of sp³-hybridized carbons (Fsp3) is 0.450. The highest BCUT2D eigenvalue weighted by Gasteiger charge is 2.33. The van der Waals surface area contributed by atoms with Crippen LogP contribution >= 0.6 is 0 Å². The zero-order chi connectivity index (χ0) is 19.3. The van der Waals surface area contributed by atoms with Gasteiger partial charge in [-0.25, -0.2) is 4.98 Å². The number of aromatic nitrogens is 3. The molecule has 1 saturated carbocycles. The predicted octanol–water partition coefficient (Wildman–Crippen LogP) is 2.92. The summed E-state index contributed by atoms with van der Waals surface area (Å²) in [5.41, 5.74) is 1.93. The van der Waals surface area contributed by atoms with Gasteiger partial charge in [-0.05, 0) is 39.2 Å². The van der Waals surface area contributed by atoms with Gasteiger partial charge in [-0.2, -0.15) is 0 Å². The van der Waals surface area contributed by atoms with Gasteiger partial charge in [0.05, 0.1) is 5.69 Å². The lowest BCUT2D eigenvalue weighted by atomic mass is 10.2. The molecule has 0 N–H and O–H groups in total. The third-order valence-corrected chi connectivity index (χ3v) is 5.10. The molecule has 0 saturated heterocycles. The summed E-state index contributed by atoms with van der Waals surface area (Å²) in [5.74, 6) is 1.44. The van der Waals surface area contributed by atoms with Crippen LogP contribution in [0.3, 0.4) is 0 Å². The molecule has 0 radical (unpaired) electrons. The van der Waals surface area contributed by atoms with E-state index in [4.69, 9.17) is 4.42 Å². The molecule has 1 aliphatic carbocycles. The van der Waals surface area contributed by atoms with Crippen LogP contribution in [-0.2, 0) is 7.05 Å². The molecule has 1 amide bonds. The van der Waals surface area contributed by atoms with Crippen molar-refractivity contribution in [3.63, 3.8) is 0 Å². The first-order chi connectivity index (χ1) is 12.9. The van der Waals surface area contributed by atoms with Gasteiger partial charge in [0.15, 0.2) is 0 Å². The third-order valence-electron chi connectivity index (χ3n) is 5.10. The molecule has 0 atom stereocenters. The van der Waals surface area contributed by atoms with Crippen LogP contribution in [0.2, 0.25) is 0 Å². The van der Waals surface area contributed by atoms with E-state index in [9.17, 15) is 9.59 Å². The van der Waals surface area contributed by atoms with E-state index in [0.717, 1.165) is 42.0 Å². The maximum absolute atomic E-state index is 12.9. The molecule has 0 bridgehead atoms. The average molecular weight is 368 g/mol. The Morgan fingerprint density at radius 2 is 2.07 bits per heavy atom. The maximum Gasteiger partial charge on any atom is 0.294 e. The zero-order valence-electron chi connectivity index (χ0n) is 16.2. The summed E-state index contributed by atoms with van der Waals surface area (Å²) in [7, 11) is 1.71. The van der Waals surface area contributed by atoms with Crippen molar-refractivity contribution in [3.8, 4) is 11.3 Å². The molecule has 3 aromatic heterocycles. The summed E-state index contributed by atoms with van der Waals surface area (Å²) < 4.78 is 8.82. The van der Waals surface area contributed by atoms with E-state index in [1.807, 2.05) is 31.0 Å². The normalized spacial score (nSPS) is 14.1. The largest absolute Gasteiger partial charge is 0.466 e. The van der Waals surface area contributed by atoms with Crippen molar-refractivity contribution in [1.29, 1.82) is 0 Å². The van der Waals surface area contributed by atoms with Gasteiger partial charge in [0, 0.05) is 37.6 Å². The minimum absolute atomic E-state index is 0.0954. The molecule has 3 aromatic rings. The van der Waals surface area contributed by atoms with E-state index < -0.39 is 0 Å². The van der Waals surface area contributed by atoms with Crippen molar-refractivity contribution < 1.29 is 9.21 Å². The van der Waals surface area contributed by atoms with Gasteiger partial charge < -0.3 is 13.9 Å². The van der Waals surface area contributed by atoms with Gasteiger partial charge >= 0.3 is 0 Å². The van der Waals surface area contributed by atoms with Crippen LogP contribution in [0.5, 0.6) is 0 Å². The summed E-state index contributed by atoms with van der Waals surface area (Å²) in [6.07, 6.45) is 6.49. The maximum atomic E-state index is 12.9. The summed E-state index contributed by atoms with van der Waals surface area (Å²) in [4.78, 5) is 32.0. The standard InChI is InChI=1S/C20H24N4O3/c1-5-8-24(14-6-7-14)19(25)16-10-23-11-17(15-9-12(2)27-13(15)3)22(4)20(26)18(23)21-16/h9-11,14H,5-8H2,1-4H3. The fourth-order valence-corrected chi connectivity index (χ4v) is 3.59.